The van der Waals surface area contributed by atoms with Gasteiger partial charge in [-0.3, -0.25) is 9.59 Å². The van der Waals surface area contributed by atoms with Crippen molar-refractivity contribution in [2.24, 2.45) is 10.2 Å². The Kier molecular flexibility index (Phi) is 17.0. The number of aryl methyl sites for hydroxylation is 1. The van der Waals surface area contributed by atoms with E-state index in [1.807, 2.05) is 43.3 Å². The van der Waals surface area contributed by atoms with Crippen LogP contribution in [0.4, 0.5) is 0 Å². The van der Waals surface area contributed by atoms with Gasteiger partial charge in [0.1, 0.15) is 24.7 Å². The van der Waals surface area contributed by atoms with Crippen molar-refractivity contribution in [2.75, 3.05) is 79.2 Å². The molecule has 0 spiro atoms. The molecule has 0 bridgehead atoms. The summed E-state index contributed by atoms with van der Waals surface area (Å²) in [6.45, 7) is 13.5. The van der Waals surface area contributed by atoms with E-state index in [1.54, 1.807) is 44.4 Å². The minimum absolute atomic E-state index is 0.0578. The number of ether oxygens (including phenoxy) is 8. The number of benzene rings is 2. The van der Waals surface area contributed by atoms with Gasteiger partial charge in [-0.15, -0.1) is 0 Å². The SMILES string of the molecule is CCc1c2c(nc3ccc(OC(C)(C)C(=O)N/N=C(\C)c4ccccc4OCCOCCOCCOCCOCCOCCN=[N+]=[N-])cc13)-c1cc3c(c(=O)n1C2)COC(=O)[C@]3(O)CC. The Balaban J connectivity index is 0.966. The Bertz CT molecular complexity index is 2470. The summed E-state index contributed by atoms with van der Waals surface area (Å²) in [4.78, 5) is 47.5. The molecular weight excluding hydrogens is 843 g/mol. The Morgan fingerprint density at radius 2 is 1.57 bits per heavy atom. The molecule has 2 aliphatic rings. The first-order valence-corrected chi connectivity index (χ1v) is 21.7. The Hall–Kier alpha value is -5.92. The average Bonchev–Trinajstić information content (AvgIpc) is 3.67. The topological polar surface area (TPSA) is 236 Å². The van der Waals surface area contributed by atoms with Crippen LogP contribution in [0.2, 0.25) is 0 Å². The van der Waals surface area contributed by atoms with Crippen LogP contribution in [0.25, 0.3) is 32.7 Å². The van der Waals surface area contributed by atoms with Gasteiger partial charge in [-0.05, 0) is 81.1 Å². The molecule has 19 heteroatoms. The number of rotatable bonds is 26. The predicted octanol–water partition coefficient (Wildman–Crippen LogP) is 5.11. The summed E-state index contributed by atoms with van der Waals surface area (Å²) in [5.41, 5.74) is 12.7. The van der Waals surface area contributed by atoms with Gasteiger partial charge in [-0.1, -0.05) is 31.1 Å². The maximum absolute atomic E-state index is 13.7. The largest absolute Gasteiger partial charge is 0.490 e. The quantitative estimate of drug-likeness (QED) is 0.0140. The number of cyclic esters (lactones) is 1. The lowest BCUT2D eigenvalue weighted by molar-refractivity contribution is -0.172. The predicted molar refractivity (Wildman–Crippen MR) is 239 cm³/mol. The number of hydrazone groups is 1. The number of para-hydroxylation sites is 1. The normalized spacial score (nSPS) is 15.5. The van der Waals surface area contributed by atoms with Gasteiger partial charge < -0.3 is 47.6 Å². The van der Waals surface area contributed by atoms with Crippen molar-refractivity contribution in [3.05, 3.63) is 97.1 Å². The molecule has 2 aromatic carbocycles. The molecule has 348 valence electrons. The second kappa shape index (κ2) is 22.8. The molecule has 2 aromatic heterocycles. The fourth-order valence-electron chi connectivity index (χ4n) is 7.51. The summed E-state index contributed by atoms with van der Waals surface area (Å²) in [5, 5.41) is 19.8. The van der Waals surface area contributed by atoms with Crippen molar-refractivity contribution in [3.63, 3.8) is 0 Å². The van der Waals surface area contributed by atoms with E-state index >= 15 is 0 Å². The maximum Gasteiger partial charge on any atom is 0.343 e. The fourth-order valence-corrected chi connectivity index (χ4v) is 7.51. The summed E-state index contributed by atoms with van der Waals surface area (Å²) in [5.74, 6) is -0.212. The maximum atomic E-state index is 13.7. The van der Waals surface area contributed by atoms with Gasteiger partial charge in [0.05, 0.1) is 101 Å². The number of aliphatic hydroxyl groups is 1. The zero-order valence-electron chi connectivity index (χ0n) is 37.6. The van der Waals surface area contributed by atoms with Crippen LogP contribution < -0.4 is 20.5 Å². The van der Waals surface area contributed by atoms with E-state index in [4.69, 9.17) is 48.4 Å². The van der Waals surface area contributed by atoms with E-state index in [-0.39, 0.29) is 42.9 Å². The Labute approximate surface area is 376 Å². The number of fused-ring (bicyclic) bond motifs is 5. The molecule has 1 amide bonds. The number of hydrogen-bond donors (Lipinski definition) is 2. The summed E-state index contributed by atoms with van der Waals surface area (Å²) < 4.78 is 46.5. The summed E-state index contributed by atoms with van der Waals surface area (Å²) in [6, 6.07) is 14.5. The third-order valence-electron chi connectivity index (χ3n) is 11.0. The van der Waals surface area contributed by atoms with E-state index in [1.165, 1.54) is 0 Å². The van der Waals surface area contributed by atoms with Crippen molar-refractivity contribution >= 4 is 28.5 Å². The number of pyridine rings is 2. The molecule has 65 heavy (non-hydrogen) atoms. The molecule has 4 heterocycles. The fraction of sp³-hybridized carbons (Fsp3) is 0.500. The average molecular weight is 900 g/mol. The first-order valence-electron chi connectivity index (χ1n) is 21.7. The second-order valence-electron chi connectivity index (χ2n) is 15.7. The van der Waals surface area contributed by atoms with Crippen molar-refractivity contribution < 1.29 is 52.6 Å². The van der Waals surface area contributed by atoms with E-state index in [2.05, 4.69) is 20.6 Å². The molecule has 0 saturated carbocycles. The minimum atomic E-state index is -1.91. The standard InChI is InChI=1S/C46H57N7O12/c1-6-32-34-26-31(12-13-38(34)49-41-35(32)28-53-39(41)27-37-36(42(53)54)29-64-44(56)46(37,57)7-2)65-45(4,5)43(55)51-50-30(3)33-10-8-9-11-40(33)63-25-24-62-23-22-61-21-20-60-19-18-59-17-16-58-15-14-48-52-47/h8-13,26-27,57H,6-7,14-25,28-29H2,1-5H3,(H,51,55)/b50-30+/t46-/m0/s1. The molecule has 0 aliphatic carbocycles. The van der Waals surface area contributed by atoms with Gasteiger partial charge >= 0.3 is 5.97 Å². The summed E-state index contributed by atoms with van der Waals surface area (Å²) in [6.07, 6.45) is 0.680. The monoisotopic (exact) mass is 899 g/mol. The number of carbonyl (C=O) groups is 2. The molecule has 2 aliphatic heterocycles. The second-order valence-corrected chi connectivity index (χ2v) is 15.7. The first-order chi connectivity index (χ1) is 31.4. The van der Waals surface area contributed by atoms with E-state index in [0.29, 0.717) is 119 Å². The van der Waals surface area contributed by atoms with Gasteiger partial charge in [0.25, 0.3) is 11.5 Å². The lowest BCUT2D eigenvalue weighted by Gasteiger charge is -2.31. The molecule has 4 aromatic rings. The smallest absolute Gasteiger partial charge is 0.343 e. The number of carbonyl (C=O) groups excluding carboxylic acids is 2. The third kappa shape index (κ3) is 11.7. The molecule has 19 nitrogen and oxygen atoms in total. The van der Waals surface area contributed by atoms with Crippen molar-refractivity contribution in [1.29, 1.82) is 0 Å². The van der Waals surface area contributed by atoms with E-state index < -0.39 is 23.1 Å². The number of nitrogens with zero attached hydrogens (tertiary/aromatic N) is 6. The molecule has 0 radical (unpaired) electrons. The molecule has 1 atom stereocenters. The van der Waals surface area contributed by atoms with Crippen molar-refractivity contribution in [3.8, 4) is 22.9 Å². The molecule has 0 fully saturated rings. The first kappa shape index (κ1) is 48.5. The molecule has 6 rings (SSSR count). The van der Waals surface area contributed by atoms with Gasteiger partial charge in [0, 0.05) is 33.5 Å². The molecule has 2 N–H and O–H groups in total. The third-order valence-corrected chi connectivity index (χ3v) is 11.0. The number of amides is 1. The van der Waals surface area contributed by atoms with Gasteiger partial charge in [0.2, 0.25) is 0 Å². The summed E-state index contributed by atoms with van der Waals surface area (Å²) >= 11 is 0. The van der Waals surface area contributed by atoms with Crippen LogP contribution >= 0.6 is 0 Å². The Morgan fingerprint density at radius 3 is 2.22 bits per heavy atom. The lowest BCUT2D eigenvalue weighted by Crippen LogP contribution is -2.45. The Morgan fingerprint density at radius 1 is 0.923 bits per heavy atom. The summed E-state index contributed by atoms with van der Waals surface area (Å²) in [7, 11) is 0. The highest BCUT2D eigenvalue weighted by Crippen LogP contribution is 2.41. The van der Waals surface area contributed by atoms with Crippen molar-refractivity contribution in [1.82, 2.24) is 15.0 Å². The minimum Gasteiger partial charge on any atom is -0.490 e. The van der Waals surface area contributed by atoms with Crippen LogP contribution in [0, 0.1) is 0 Å². The molecule has 0 saturated heterocycles. The van der Waals surface area contributed by atoms with E-state index in [0.717, 1.165) is 16.5 Å². The molecule has 0 unspecified atom stereocenters. The number of azide groups is 1. The van der Waals surface area contributed by atoms with E-state index in [9.17, 15) is 19.5 Å². The number of hydrogen-bond acceptors (Lipinski definition) is 15. The highest BCUT2D eigenvalue weighted by molar-refractivity contribution is 6.02. The number of aromatic nitrogens is 2. The zero-order valence-corrected chi connectivity index (χ0v) is 37.6. The molecular formula is C46H57N7O12. The highest BCUT2D eigenvalue weighted by Gasteiger charge is 2.45. The lowest BCUT2D eigenvalue weighted by atomic mass is 9.86. The van der Waals surface area contributed by atoms with Crippen LogP contribution in [0.1, 0.15) is 68.9 Å². The van der Waals surface area contributed by atoms with Crippen LogP contribution in [-0.2, 0) is 63.2 Å². The van der Waals surface area contributed by atoms with Gasteiger partial charge in [-0.2, -0.15) is 5.10 Å². The van der Waals surface area contributed by atoms with Gasteiger partial charge in [0.15, 0.2) is 11.2 Å². The van der Waals surface area contributed by atoms with Gasteiger partial charge in [-0.25, -0.2) is 15.2 Å². The van der Waals surface area contributed by atoms with Crippen LogP contribution in [0.15, 0.2) is 63.5 Å². The van der Waals surface area contributed by atoms with Crippen molar-refractivity contribution in [2.45, 2.75) is 71.8 Å². The number of esters is 1. The van der Waals surface area contributed by atoms with Crippen LogP contribution in [-0.4, -0.2) is 117 Å². The zero-order chi connectivity index (χ0) is 46.4. The number of nitrogens with one attached hydrogen (secondary N) is 1. The highest BCUT2D eigenvalue weighted by atomic mass is 16.6. The van der Waals surface area contributed by atoms with Crippen LogP contribution in [0.5, 0.6) is 11.5 Å². The van der Waals surface area contributed by atoms with Crippen LogP contribution in [0.3, 0.4) is 0 Å².